The molecule has 0 saturated carbocycles. The van der Waals surface area contributed by atoms with Crippen LogP contribution in [0.3, 0.4) is 0 Å². The number of piperidine rings is 1. The molecule has 1 amide bonds. The highest BCUT2D eigenvalue weighted by molar-refractivity contribution is 6.29. The number of alkyl halides is 6. The minimum atomic E-state index is -5.00. The lowest BCUT2D eigenvalue weighted by atomic mass is 9.78. The molecule has 14 heteroatoms. The Morgan fingerprint density at radius 1 is 1.00 bits per heavy atom. The van der Waals surface area contributed by atoms with E-state index in [-0.39, 0.29) is 35.7 Å². The number of aromatic nitrogens is 2. The number of benzene rings is 2. The Morgan fingerprint density at radius 3 is 2.17 bits per heavy atom. The molecule has 0 radical (unpaired) electrons. The smallest absolute Gasteiger partial charge is 0.354 e. The molecule has 1 aliphatic heterocycles. The first-order valence-corrected chi connectivity index (χ1v) is 12.5. The number of aryl methyl sites for hydroxylation is 1. The fourth-order valence-corrected chi connectivity index (χ4v) is 5.15. The number of amides is 1. The molecule has 5 nitrogen and oxygen atoms in total. The largest absolute Gasteiger partial charge is 0.416 e. The Morgan fingerprint density at radius 2 is 1.63 bits per heavy atom. The van der Waals surface area contributed by atoms with E-state index in [4.69, 9.17) is 11.6 Å². The minimum Gasteiger partial charge on any atom is -0.354 e. The molecule has 1 aromatic heterocycles. The molecule has 2 atom stereocenters. The van der Waals surface area contributed by atoms with Crippen molar-refractivity contribution in [2.45, 2.75) is 38.2 Å². The zero-order valence-corrected chi connectivity index (χ0v) is 23.3. The first-order valence-electron chi connectivity index (χ1n) is 12.2. The van der Waals surface area contributed by atoms with Gasteiger partial charge >= 0.3 is 12.4 Å². The molecule has 2 aromatic carbocycles. The maximum atomic E-state index is 13.9. The summed E-state index contributed by atoms with van der Waals surface area (Å²) in [4.78, 5) is 16.7. The van der Waals surface area contributed by atoms with Gasteiger partial charge in [-0.05, 0) is 72.5 Å². The lowest BCUT2D eigenvalue weighted by molar-refractivity contribution is -0.143. The number of halogens is 9. The molecule has 4 rings (SSSR count). The molecule has 0 N–H and O–H groups in total. The third-order valence-electron chi connectivity index (χ3n) is 6.95. The van der Waals surface area contributed by atoms with Crippen molar-refractivity contribution >= 4 is 35.7 Å². The van der Waals surface area contributed by atoms with Gasteiger partial charge in [-0.15, -0.1) is 22.6 Å². The number of anilines is 1. The second-order valence-electron chi connectivity index (χ2n) is 9.77. The standard InChI is InChI=1S/C27H24ClF7N4O.ClH/c1-15-9-19(29)3-4-20(15)22-14-39(24-6-5-23(28)36-37-24)8-7-21(22)25(40)38(2)13-16-10-17(26(30,31)32)12-18(11-16)27(33,34)35;/h3-6,9-12,21-22H,7-8,13-14H2,1-2H3;1H. The minimum absolute atomic E-state index is 0. The van der Waals surface area contributed by atoms with Gasteiger partial charge in [0.1, 0.15) is 5.82 Å². The van der Waals surface area contributed by atoms with E-state index >= 15 is 0 Å². The van der Waals surface area contributed by atoms with Crippen LogP contribution in [0.5, 0.6) is 0 Å². The van der Waals surface area contributed by atoms with Crippen LogP contribution < -0.4 is 4.90 Å². The van der Waals surface area contributed by atoms with Crippen molar-refractivity contribution < 1.29 is 35.5 Å². The van der Waals surface area contributed by atoms with E-state index in [1.54, 1.807) is 25.1 Å². The topological polar surface area (TPSA) is 49.3 Å². The fraction of sp³-hybridized carbons (Fsp3) is 0.370. The van der Waals surface area contributed by atoms with Crippen LogP contribution in [0.4, 0.5) is 36.6 Å². The number of hydrogen-bond acceptors (Lipinski definition) is 4. The summed E-state index contributed by atoms with van der Waals surface area (Å²) in [7, 11) is 1.33. The van der Waals surface area contributed by atoms with E-state index in [1.165, 1.54) is 19.2 Å². The van der Waals surface area contributed by atoms with Crippen molar-refractivity contribution in [1.82, 2.24) is 15.1 Å². The fourth-order valence-electron chi connectivity index (χ4n) is 5.05. The number of rotatable bonds is 5. The van der Waals surface area contributed by atoms with Gasteiger partial charge in [0.25, 0.3) is 0 Å². The summed E-state index contributed by atoms with van der Waals surface area (Å²) in [6.45, 7) is 1.89. The number of carbonyl (C=O) groups excluding carboxylic acids is 1. The van der Waals surface area contributed by atoms with Gasteiger partial charge in [0, 0.05) is 38.5 Å². The van der Waals surface area contributed by atoms with Crippen molar-refractivity contribution in [1.29, 1.82) is 0 Å². The van der Waals surface area contributed by atoms with Crippen LogP contribution in [0.2, 0.25) is 5.15 Å². The van der Waals surface area contributed by atoms with Crippen LogP contribution in [-0.4, -0.2) is 41.1 Å². The molecule has 0 aliphatic carbocycles. The Bertz CT molecular complexity index is 1350. The Hall–Kier alpha value is -3.12. The predicted octanol–water partition coefficient (Wildman–Crippen LogP) is 7.31. The highest BCUT2D eigenvalue weighted by Crippen LogP contribution is 2.39. The van der Waals surface area contributed by atoms with Crippen LogP contribution in [-0.2, 0) is 23.7 Å². The van der Waals surface area contributed by atoms with Crippen LogP contribution in [0.25, 0.3) is 0 Å². The number of nitrogens with zero attached hydrogens (tertiary/aromatic N) is 4. The third-order valence-corrected chi connectivity index (χ3v) is 7.15. The highest BCUT2D eigenvalue weighted by Gasteiger charge is 2.39. The van der Waals surface area contributed by atoms with E-state index < -0.39 is 53.6 Å². The Balaban J connectivity index is 0.00000462. The second kappa shape index (κ2) is 12.4. The van der Waals surface area contributed by atoms with E-state index in [9.17, 15) is 35.5 Å². The SMILES string of the molecule is Cc1cc(F)ccc1C1CN(c2ccc(Cl)nn2)CCC1C(=O)N(C)Cc1cc(C(F)(F)F)cc(C(F)(F)F)c1.Cl. The second-order valence-corrected chi connectivity index (χ2v) is 10.2. The van der Waals surface area contributed by atoms with Crippen LogP contribution in [0.1, 0.15) is 40.2 Å². The summed E-state index contributed by atoms with van der Waals surface area (Å²) >= 11 is 5.84. The quantitative estimate of drug-likeness (QED) is 0.279. The average Bonchev–Trinajstić information content (AvgIpc) is 2.87. The highest BCUT2D eigenvalue weighted by atomic mass is 35.5. The molecular formula is C27H25Cl2F7N4O. The van der Waals surface area contributed by atoms with Crippen molar-refractivity contribution in [3.8, 4) is 0 Å². The van der Waals surface area contributed by atoms with Gasteiger partial charge in [0.05, 0.1) is 11.1 Å². The maximum Gasteiger partial charge on any atom is 0.416 e. The zero-order valence-electron chi connectivity index (χ0n) is 21.7. The number of carbonyl (C=O) groups is 1. The zero-order chi connectivity index (χ0) is 29.4. The van der Waals surface area contributed by atoms with Crippen LogP contribution in [0.15, 0.2) is 48.5 Å². The summed E-state index contributed by atoms with van der Waals surface area (Å²) in [5.74, 6) is -1.56. The van der Waals surface area contributed by atoms with E-state index in [0.717, 1.165) is 4.90 Å². The lowest BCUT2D eigenvalue weighted by Crippen LogP contribution is -2.46. The summed E-state index contributed by atoms with van der Waals surface area (Å²) in [5.41, 5.74) is -1.91. The van der Waals surface area contributed by atoms with Gasteiger partial charge in [-0.3, -0.25) is 4.79 Å². The molecule has 1 fully saturated rings. The van der Waals surface area contributed by atoms with Gasteiger partial charge in [-0.1, -0.05) is 17.7 Å². The van der Waals surface area contributed by atoms with Gasteiger partial charge in [-0.25, -0.2) is 4.39 Å². The average molecular weight is 625 g/mol. The number of hydrogen-bond donors (Lipinski definition) is 0. The van der Waals surface area contributed by atoms with Crippen LogP contribution in [0, 0.1) is 18.7 Å². The van der Waals surface area contributed by atoms with E-state index in [0.29, 0.717) is 42.0 Å². The lowest BCUT2D eigenvalue weighted by Gasteiger charge is -2.40. The first kappa shape index (κ1) is 32.4. The van der Waals surface area contributed by atoms with Gasteiger partial charge in [0.2, 0.25) is 5.91 Å². The summed E-state index contributed by atoms with van der Waals surface area (Å²) in [6.07, 6.45) is -9.70. The molecule has 3 aromatic rings. The molecule has 0 spiro atoms. The van der Waals surface area contributed by atoms with Gasteiger partial charge in [-0.2, -0.15) is 26.3 Å². The van der Waals surface area contributed by atoms with Crippen molar-refractivity contribution in [2.24, 2.45) is 5.92 Å². The van der Waals surface area contributed by atoms with Gasteiger partial charge in [0.15, 0.2) is 11.0 Å². The summed E-state index contributed by atoms with van der Waals surface area (Å²) < 4.78 is 93.9. The summed E-state index contributed by atoms with van der Waals surface area (Å²) in [6, 6.07) is 8.70. The Labute approximate surface area is 242 Å². The molecule has 41 heavy (non-hydrogen) atoms. The van der Waals surface area contributed by atoms with E-state index in [1.807, 2.05) is 4.90 Å². The normalized spacial score (nSPS) is 17.7. The van der Waals surface area contributed by atoms with Crippen molar-refractivity contribution in [3.05, 3.63) is 87.3 Å². The molecule has 1 aliphatic rings. The molecule has 2 unspecified atom stereocenters. The molecule has 0 bridgehead atoms. The molecule has 1 saturated heterocycles. The van der Waals surface area contributed by atoms with E-state index in [2.05, 4.69) is 10.2 Å². The predicted molar refractivity (Wildman–Crippen MR) is 141 cm³/mol. The monoisotopic (exact) mass is 624 g/mol. The first-order chi connectivity index (χ1) is 18.6. The van der Waals surface area contributed by atoms with Gasteiger partial charge < -0.3 is 9.80 Å². The summed E-state index contributed by atoms with van der Waals surface area (Å²) in [5, 5.41) is 8.14. The van der Waals surface area contributed by atoms with Crippen molar-refractivity contribution in [3.63, 3.8) is 0 Å². The maximum absolute atomic E-state index is 13.9. The Kier molecular flexibility index (Phi) is 9.80. The van der Waals surface area contributed by atoms with Crippen molar-refractivity contribution in [2.75, 3.05) is 25.0 Å². The van der Waals surface area contributed by atoms with Crippen LogP contribution >= 0.6 is 24.0 Å². The molecular weight excluding hydrogens is 600 g/mol. The molecule has 2 heterocycles. The molecule has 222 valence electrons. The third kappa shape index (κ3) is 7.59.